The molecule has 0 fully saturated rings. The second-order valence-electron chi connectivity index (χ2n) is 5.19. The fraction of sp³-hybridized carbons (Fsp3) is 0.118. The molecular formula is C17H13ClN2O5. The van der Waals surface area contributed by atoms with E-state index in [0.717, 1.165) is 0 Å². The molecule has 0 saturated carbocycles. The van der Waals surface area contributed by atoms with Gasteiger partial charge in [-0.15, -0.1) is 0 Å². The van der Waals surface area contributed by atoms with Gasteiger partial charge in [0.05, 0.1) is 17.1 Å². The molecule has 1 heterocycles. The number of fused-ring (bicyclic) bond motifs is 1. The van der Waals surface area contributed by atoms with Gasteiger partial charge < -0.3 is 14.5 Å². The number of carbonyl (C=O) groups is 1. The van der Waals surface area contributed by atoms with Gasteiger partial charge in [0.2, 0.25) is 0 Å². The van der Waals surface area contributed by atoms with Gasteiger partial charge in [-0.1, -0.05) is 29.8 Å². The summed E-state index contributed by atoms with van der Waals surface area (Å²) in [5.41, 5.74) is 1.12. The van der Waals surface area contributed by atoms with Crippen LogP contribution in [-0.2, 0) is 11.3 Å². The summed E-state index contributed by atoms with van der Waals surface area (Å²) in [6.07, 6.45) is 0. The zero-order valence-corrected chi connectivity index (χ0v) is 13.9. The molecular weight excluding hydrogens is 348 g/mol. The maximum absolute atomic E-state index is 12.3. The van der Waals surface area contributed by atoms with E-state index in [2.05, 4.69) is 4.98 Å². The molecule has 0 amide bonds. The van der Waals surface area contributed by atoms with Crippen molar-refractivity contribution in [3.05, 3.63) is 68.9 Å². The summed E-state index contributed by atoms with van der Waals surface area (Å²) in [5.74, 6) is -0.268. The summed E-state index contributed by atoms with van der Waals surface area (Å²) >= 11 is 6.21. The number of H-pyrrole nitrogens is 1. The van der Waals surface area contributed by atoms with Gasteiger partial charge in [0.25, 0.3) is 5.69 Å². The second-order valence-corrected chi connectivity index (χ2v) is 5.57. The van der Waals surface area contributed by atoms with E-state index in [1.54, 1.807) is 12.1 Å². The molecule has 0 bridgehead atoms. The van der Waals surface area contributed by atoms with Crippen molar-refractivity contribution in [1.82, 2.24) is 4.98 Å². The molecule has 2 aromatic carbocycles. The van der Waals surface area contributed by atoms with Crippen molar-refractivity contribution in [2.24, 2.45) is 0 Å². The van der Waals surface area contributed by atoms with Crippen LogP contribution in [0, 0.1) is 10.1 Å². The number of nitro benzene ring substituents is 1. The molecule has 0 radical (unpaired) electrons. The number of nitro groups is 1. The van der Waals surface area contributed by atoms with Crippen molar-refractivity contribution in [3.63, 3.8) is 0 Å². The van der Waals surface area contributed by atoms with Crippen molar-refractivity contribution >= 4 is 34.2 Å². The van der Waals surface area contributed by atoms with Crippen LogP contribution < -0.4 is 4.74 Å². The average Bonchev–Trinajstić information content (AvgIpc) is 2.96. The van der Waals surface area contributed by atoms with E-state index in [1.807, 2.05) is 12.1 Å². The standard InChI is InChI=1S/C17H13ClN2O5/c1-24-14-7-6-11(20(22)23)8-10(14)9-25-17(21)16-15(18)12-4-2-3-5-13(12)19-16/h2-8,19H,9H2,1H3. The van der Waals surface area contributed by atoms with Crippen LogP contribution in [0.15, 0.2) is 42.5 Å². The summed E-state index contributed by atoms with van der Waals surface area (Å²) in [4.78, 5) is 25.6. The minimum Gasteiger partial charge on any atom is -0.496 e. The Bertz CT molecular complexity index is 967. The zero-order valence-electron chi connectivity index (χ0n) is 13.1. The highest BCUT2D eigenvalue weighted by molar-refractivity contribution is 6.38. The molecule has 7 nitrogen and oxygen atoms in total. The van der Waals surface area contributed by atoms with Crippen LogP contribution in [0.3, 0.4) is 0 Å². The van der Waals surface area contributed by atoms with Crippen molar-refractivity contribution in [2.45, 2.75) is 6.61 Å². The van der Waals surface area contributed by atoms with Crippen molar-refractivity contribution in [2.75, 3.05) is 7.11 Å². The van der Waals surface area contributed by atoms with Gasteiger partial charge in [-0.05, 0) is 12.1 Å². The molecule has 3 rings (SSSR count). The van der Waals surface area contributed by atoms with E-state index >= 15 is 0 Å². The number of carbonyl (C=O) groups excluding carboxylic acids is 1. The Morgan fingerprint density at radius 3 is 2.72 bits per heavy atom. The highest BCUT2D eigenvalue weighted by Gasteiger charge is 2.19. The predicted molar refractivity (Wildman–Crippen MR) is 92.1 cm³/mol. The van der Waals surface area contributed by atoms with Gasteiger partial charge in [-0.25, -0.2) is 4.79 Å². The van der Waals surface area contributed by atoms with Crippen LogP contribution in [0.1, 0.15) is 16.1 Å². The second kappa shape index (κ2) is 6.82. The molecule has 1 N–H and O–H groups in total. The molecule has 3 aromatic rings. The summed E-state index contributed by atoms with van der Waals surface area (Å²) < 4.78 is 10.4. The molecule has 0 aliphatic carbocycles. The largest absolute Gasteiger partial charge is 0.496 e. The number of non-ortho nitro benzene ring substituents is 1. The first-order valence-corrected chi connectivity index (χ1v) is 7.63. The molecule has 8 heteroatoms. The number of aromatic amines is 1. The monoisotopic (exact) mass is 360 g/mol. The quantitative estimate of drug-likeness (QED) is 0.420. The number of hydrogen-bond donors (Lipinski definition) is 1. The van der Waals surface area contributed by atoms with Crippen LogP contribution in [0.5, 0.6) is 5.75 Å². The topological polar surface area (TPSA) is 94.5 Å². The van der Waals surface area contributed by atoms with Gasteiger partial charge in [-0.3, -0.25) is 10.1 Å². The molecule has 0 aliphatic rings. The van der Waals surface area contributed by atoms with Gasteiger partial charge in [0.15, 0.2) is 0 Å². The minimum atomic E-state index is -0.658. The molecule has 0 atom stereocenters. The number of nitrogens with zero attached hydrogens (tertiary/aromatic N) is 1. The predicted octanol–water partition coefficient (Wildman–Crippen LogP) is 4.10. The van der Waals surface area contributed by atoms with E-state index < -0.39 is 10.9 Å². The van der Waals surface area contributed by atoms with Gasteiger partial charge in [0, 0.05) is 28.6 Å². The number of benzene rings is 2. The lowest BCUT2D eigenvalue weighted by Crippen LogP contribution is -2.07. The van der Waals surface area contributed by atoms with E-state index in [4.69, 9.17) is 21.1 Å². The Balaban J connectivity index is 1.83. The highest BCUT2D eigenvalue weighted by atomic mass is 35.5. The first-order valence-electron chi connectivity index (χ1n) is 7.26. The maximum Gasteiger partial charge on any atom is 0.356 e. The fourth-order valence-electron chi connectivity index (χ4n) is 2.46. The molecule has 0 saturated heterocycles. The van der Waals surface area contributed by atoms with Crippen LogP contribution in [0.4, 0.5) is 5.69 Å². The number of para-hydroxylation sites is 1. The number of rotatable bonds is 5. The van der Waals surface area contributed by atoms with E-state index in [-0.39, 0.29) is 23.0 Å². The molecule has 0 unspecified atom stereocenters. The lowest BCUT2D eigenvalue weighted by Gasteiger charge is -2.09. The summed E-state index contributed by atoms with van der Waals surface area (Å²) in [6, 6.07) is 11.3. The third kappa shape index (κ3) is 3.27. The first-order chi connectivity index (χ1) is 12.0. The third-order valence-electron chi connectivity index (χ3n) is 3.68. The number of aromatic nitrogens is 1. The number of halogens is 1. The SMILES string of the molecule is COc1ccc([N+](=O)[O-])cc1COC(=O)c1[nH]c2ccccc2c1Cl. The van der Waals surface area contributed by atoms with Crippen LogP contribution in [-0.4, -0.2) is 23.0 Å². The van der Waals surface area contributed by atoms with E-state index in [9.17, 15) is 14.9 Å². The van der Waals surface area contributed by atoms with Crippen LogP contribution in [0.25, 0.3) is 10.9 Å². The van der Waals surface area contributed by atoms with Crippen molar-refractivity contribution in [1.29, 1.82) is 0 Å². The smallest absolute Gasteiger partial charge is 0.356 e. The number of ether oxygens (including phenoxy) is 2. The van der Waals surface area contributed by atoms with Crippen molar-refractivity contribution < 1.29 is 19.2 Å². The Morgan fingerprint density at radius 1 is 1.28 bits per heavy atom. The number of hydrogen-bond acceptors (Lipinski definition) is 5. The third-order valence-corrected chi connectivity index (χ3v) is 4.07. The normalized spacial score (nSPS) is 10.6. The fourth-order valence-corrected chi connectivity index (χ4v) is 2.74. The maximum atomic E-state index is 12.3. The average molecular weight is 361 g/mol. The Labute approximate surface area is 147 Å². The number of methoxy groups -OCH3 is 1. The molecule has 0 aliphatic heterocycles. The highest BCUT2D eigenvalue weighted by Crippen LogP contribution is 2.29. The zero-order chi connectivity index (χ0) is 18.0. The number of nitrogens with one attached hydrogen (secondary N) is 1. The molecule has 25 heavy (non-hydrogen) atoms. The lowest BCUT2D eigenvalue weighted by molar-refractivity contribution is -0.385. The summed E-state index contributed by atoms with van der Waals surface area (Å²) in [6.45, 7) is -0.185. The first kappa shape index (κ1) is 16.8. The summed E-state index contributed by atoms with van der Waals surface area (Å²) in [7, 11) is 1.43. The van der Waals surface area contributed by atoms with Crippen LogP contribution in [0.2, 0.25) is 5.02 Å². The van der Waals surface area contributed by atoms with E-state index in [0.29, 0.717) is 22.2 Å². The minimum absolute atomic E-state index is 0.115. The van der Waals surface area contributed by atoms with Gasteiger partial charge >= 0.3 is 5.97 Å². The van der Waals surface area contributed by atoms with Crippen LogP contribution >= 0.6 is 11.6 Å². The van der Waals surface area contributed by atoms with E-state index in [1.165, 1.54) is 25.3 Å². The Kier molecular flexibility index (Phi) is 4.58. The lowest BCUT2D eigenvalue weighted by atomic mass is 10.2. The van der Waals surface area contributed by atoms with Gasteiger partial charge in [-0.2, -0.15) is 0 Å². The molecule has 128 valence electrons. The Hall–Kier alpha value is -3.06. The van der Waals surface area contributed by atoms with Crippen molar-refractivity contribution in [3.8, 4) is 5.75 Å². The summed E-state index contributed by atoms with van der Waals surface area (Å²) in [5, 5.41) is 11.9. The van der Waals surface area contributed by atoms with Gasteiger partial charge in [0.1, 0.15) is 18.1 Å². The molecule has 0 spiro atoms. The Morgan fingerprint density at radius 2 is 2.04 bits per heavy atom. The number of esters is 1. The molecule has 1 aromatic heterocycles.